The third kappa shape index (κ3) is 4.63. The van der Waals surface area contributed by atoms with Crippen LogP contribution in [-0.4, -0.2) is 35.6 Å². The molecule has 0 fully saturated rings. The summed E-state index contributed by atoms with van der Waals surface area (Å²) in [6.07, 6.45) is -3.18. The molecule has 3 aromatic carbocycles. The van der Waals surface area contributed by atoms with Gasteiger partial charge in [0.05, 0.1) is 6.10 Å². The predicted octanol–water partition coefficient (Wildman–Crippen LogP) is 4.80. The van der Waals surface area contributed by atoms with Crippen molar-refractivity contribution in [2.45, 2.75) is 24.5 Å². The summed E-state index contributed by atoms with van der Waals surface area (Å²) in [5, 5.41) is 23.2. The van der Waals surface area contributed by atoms with Crippen molar-refractivity contribution in [3.05, 3.63) is 94.3 Å². The second kappa shape index (κ2) is 9.69. The molecule has 1 amide bonds. The highest BCUT2D eigenvalue weighted by atomic mass is 35.5. The molecule has 0 bridgehead atoms. The minimum Gasteiger partial charge on any atom is -0.449 e. The van der Waals surface area contributed by atoms with E-state index < -0.39 is 24.1 Å². The standard InChI is InChI=1S/C25H23ClFNO4/c26-22-10-9-15(27)13-20(22)24(30)23(29)11-12-28-25(31)32-14-21-18-7-3-1-5-16(18)17-6-2-4-8-19(17)21/h1-10,13,21,23-24,29-30H,11-12,14H2,(H,28,31). The van der Waals surface area contributed by atoms with Gasteiger partial charge in [-0.1, -0.05) is 60.1 Å². The maximum Gasteiger partial charge on any atom is 0.407 e. The van der Waals surface area contributed by atoms with Gasteiger partial charge in [0.2, 0.25) is 0 Å². The van der Waals surface area contributed by atoms with Gasteiger partial charge < -0.3 is 20.3 Å². The molecule has 1 aliphatic carbocycles. The molecule has 0 spiro atoms. The van der Waals surface area contributed by atoms with E-state index in [0.717, 1.165) is 28.3 Å². The Morgan fingerprint density at radius 1 is 1.03 bits per heavy atom. The predicted molar refractivity (Wildman–Crippen MR) is 120 cm³/mol. The number of fused-ring (bicyclic) bond motifs is 3. The van der Waals surface area contributed by atoms with Crippen LogP contribution in [0.1, 0.15) is 35.1 Å². The van der Waals surface area contributed by atoms with Crippen LogP contribution in [0.3, 0.4) is 0 Å². The Labute approximate surface area is 190 Å². The van der Waals surface area contributed by atoms with Crippen LogP contribution < -0.4 is 5.32 Å². The van der Waals surface area contributed by atoms with E-state index in [-0.39, 0.29) is 36.1 Å². The van der Waals surface area contributed by atoms with Crippen LogP contribution in [0.5, 0.6) is 0 Å². The van der Waals surface area contributed by atoms with Gasteiger partial charge in [-0.3, -0.25) is 0 Å². The molecule has 0 aromatic heterocycles. The molecular formula is C25H23ClFNO4. The van der Waals surface area contributed by atoms with Crippen LogP contribution >= 0.6 is 11.6 Å². The number of hydrogen-bond acceptors (Lipinski definition) is 4. The number of benzene rings is 3. The molecule has 7 heteroatoms. The summed E-state index contributed by atoms with van der Waals surface area (Å²) in [6, 6.07) is 19.7. The molecule has 166 valence electrons. The zero-order valence-corrected chi connectivity index (χ0v) is 17.9. The van der Waals surface area contributed by atoms with Gasteiger partial charge in [-0.25, -0.2) is 9.18 Å². The number of aliphatic hydroxyl groups excluding tert-OH is 2. The van der Waals surface area contributed by atoms with Gasteiger partial charge in [-0.2, -0.15) is 0 Å². The van der Waals surface area contributed by atoms with Crippen LogP contribution in [0.15, 0.2) is 66.7 Å². The number of hydrogen-bond donors (Lipinski definition) is 3. The number of rotatable bonds is 7. The van der Waals surface area contributed by atoms with Crippen molar-refractivity contribution in [1.29, 1.82) is 0 Å². The van der Waals surface area contributed by atoms with Crippen molar-refractivity contribution in [2.75, 3.05) is 13.2 Å². The molecule has 2 atom stereocenters. The number of ether oxygens (including phenoxy) is 1. The van der Waals surface area contributed by atoms with E-state index in [1.165, 1.54) is 12.1 Å². The number of aliphatic hydroxyl groups is 2. The van der Waals surface area contributed by atoms with Gasteiger partial charge in [0.25, 0.3) is 0 Å². The topological polar surface area (TPSA) is 78.8 Å². The third-order valence-corrected chi connectivity index (χ3v) is 6.04. The molecule has 3 aromatic rings. The van der Waals surface area contributed by atoms with E-state index in [1.54, 1.807) is 0 Å². The molecule has 1 aliphatic rings. The van der Waals surface area contributed by atoms with Crippen molar-refractivity contribution in [3.63, 3.8) is 0 Å². The van der Waals surface area contributed by atoms with Crippen LogP contribution in [0.2, 0.25) is 5.02 Å². The smallest absolute Gasteiger partial charge is 0.407 e. The Morgan fingerprint density at radius 3 is 2.31 bits per heavy atom. The molecule has 0 saturated carbocycles. The van der Waals surface area contributed by atoms with E-state index in [9.17, 15) is 19.4 Å². The van der Waals surface area contributed by atoms with E-state index in [2.05, 4.69) is 17.4 Å². The molecule has 3 N–H and O–H groups in total. The van der Waals surface area contributed by atoms with E-state index in [0.29, 0.717) is 0 Å². The summed E-state index contributed by atoms with van der Waals surface area (Å²) < 4.78 is 18.8. The average molecular weight is 456 g/mol. The van der Waals surface area contributed by atoms with Gasteiger partial charge in [-0.05, 0) is 46.9 Å². The number of halogens is 2. The van der Waals surface area contributed by atoms with Crippen molar-refractivity contribution in [1.82, 2.24) is 5.32 Å². The van der Waals surface area contributed by atoms with Gasteiger partial charge in [-0.15, -0.1) is 0 Å². The second-order valence-electron chi connectivity index (χ2n) is 7.72. The molecule has 0 heterocycles. The monoisotopic (exact) mass is 455 g/mol. The Bertz CT molecular complexity index is 1080. The van der Waals surface area contributed by atoms with Crippen molar-refractivity contribution >= 4 is 17.7 Å². The highest BCUT2D eigenvalue weighted by molar-refractivity contribution is 6.31. The minimum atomic E-state index is -1.37. The summed E-state index contributed by atoms with van der Waals surface area (Å²) in [5.74, 6) is -0.608. The lowest BCUT2D eigenvalue weighted by Crippen LogP contribution is -2.30. The lowest BCUT2D eigenvalue weighted by Gasteiger charge is -2.19. The van der Waals surface area contributed by atoms with Crippen molar-refractivity contribution < 1.29 is 24.1 Å². The molecule has 0 aliphatic heterocycles. The van der Waals surface area contributed by atoms with Gasteiger partial charge >= 0.3 is 6.09 Å². The van der Waals surface area contributed by atoms with E-state index >= 15 is 0 Å². The van der Waals surface area contributed by atoms with E-state index in [1.807, 2.05) is 36.4 Å². The summed E-state index contributed by atoms with van der Waals surface area (Å²) in [6.45, 7) is 0.256. The summed E-state index contributed by atoms with van der Waals surface area (Å²) in [7, 11) is 0. The fraction of sp³-hybridized carbons (Fsp3) is 0.240. The zero-order chi connectivity index (χ0) is 22.7. The molecule has 2 unspecified atom stereocenters. The largest absolute Gasteiger partial charge is 0.449 e. The fourth-order valence-corrected chi connectivity index (χ4v) is 4.31. The molecule has 0 radical (unpaired) electrons. The molecule has 5 nitrogen and oxygen atoms in total. The highest BCUT2D eigenvalue weighted by Crippen LogP contribution is 2.44. The van der Waals surface area contributed by atoms with Crippen LogP contribution in [0.25, 0.3) is 11.1 Å². The Balaban J connectivity index is 1.29. The average Bonchev–Trinajstić information content (AvgIpc) is 3.12. The Hall–Kier alpha value is -2.93. The summed E-state index contributed by atoms with van der Waals surface area (Å²) in [5.41, 5.74) is 4.62. The lowest BCUT2D eigenvalue weighted by atomic mass is 9.98. The zero-order valence-electron chi connectivity index (χ0n) is 17.2. The molecular weight excluding hydrogens is 433 g/mol. The SMILES string of the molecule is O=C(NCCC(O)C(O)c1cc(F)ccc1Cl)OCC1c2ccccc2-c2ccccc21. The molecule has 0 saturated heterocycles. The van der Waals surface area contributed by atoms with Crippen molar-refractivity contribution in [2.24, 2.45) is 0 Å². The van der Waals surface area contributed by atoms with E-state index in [4.69, 9.17) is 16.3 Å². The van der Waals surface area contributed by atoms with Gasteiger partial charge in [0.15, 0.2) is 0 Å². The second-order valence-corrected chi connectivity index (χ2v) is 8.13. The van der Waals surface area contributed by atoms with Crippen LogP contribution in [-0.2, 0) is 4.74 Å². The Kier molecular flexibility index (Phi) is 6.74. The first-order chi connectivity index (χ1) is 15.5. The first-order valence-electron chi connectivity index (χ1n) is 10.4. The van der Waals surface area contributed by atoms with Gasteiger partial charge in [0.1, 0.15) is 18.5 Å². The maximum atomic E-state index is 13.4. The lowest BCUT2D eigenvalue weighted by molar-refractivity contribution is 0.0136. The highest BCUT2D eigenvalue weighted by Gasteiger charge is 2.29. The number of alkyl carbamates (subject to hydrolysis) is 1. The normalized spacial score (nSPS) is 14.4. The number of carbonyl (C=O) groups is 1. The van der Waals surface area contributed by atoms with Crippen molar-refractivity contribution in [3.8, 4) is 11.1 Å². The number of amides is 1. The maximum absolute atomic E-state index is 13.4. The quantitative estimate of drug-likeness (QED) is 0.478. The summed E-state index contributed by atoms with van der Waals surface area (Å²) in [4.78, 5) is 12.2. The summed E-state index contributed by atoms with van der Waals surface area (Å²) >= 11 is 5.97. The minimum absolute atomic E-state index is 0.0399. The first-order valence-corrected chi connectivity index (χ1v) is 10.7. The number of nitrogens with one attached hydrogen (secondary N) is 1. The number of carbonyl (C=O) groups excluding carboxylic acids is 1. The van der Waals surface area contributed by atoms with Gasteiger partial charge in [0, 0.05) is 23.0 Å². The van der Waals surface area contributed by atoms with Crippen LogP contribution in [0.4, 0.5) is 9.18 Å². The third-order valence-electron chi connectivity index (χ3n) is 5.69. The first kappa shape index (κ1) is 22.3. The fourth-order valence-electron chi connectivity index (χ4n) is 4.08. The molecule has 4 rings (SSSR count). The van der Waals surface area contributed by atoms with Crippen LogP contribution in [0, 0.1) is 5.82 Å². The molecule has 32 heavy (non-hydrogen) atoms. The Morgan fingerprint density at radius 2 is 1.66 bits per heavy atom.